The first-order chi connectivity index (χ1) is 29.2. The van der Waals surface area contributed by atoms with Gasteiger partial charge in [0.15, 0.2) is 0 Å². The molecule has 2 heteroatoms. The summed E-state index contributed by atoms with van der Waals surface area (Å²) in [6.45, 7) is 2.26. The van der Waals surface area contributed by atoms with Gasteiger partial charge >= 0.3 is 0 Å². The quantitative estimate of drug-likeness (QED) is 0.154. The number of thiophene rings is 1. The van der Waals surface area contributed by atoms with Crippen LogP contribution < -0.4 is 0 Å². The molecule has 0 amide bonds. The lowest BCUT2D eigenvalue weighted by molar-refractivity contribution is 1.18. The van der Waals surface area contributed by atoms with Crippen molar-refractivity contribution in [3.8, 4) is 50.2 Å². The Hall–Kier alpha value is -7.26. The Labute approximate surface area is 346 Å². The molecular weight excluding hydrogens is 731 g/mol. The van der Waals surface area contributed by atoms with Gasteiger partial charge in [-0.05, 0) is 115 Å². The maximum atomic E-state index is 2.43. The van der Waals surface area contributed by atoms with Crippen LogP contribution in [0.5, 0.6) is 0 Å². The molecule has 0 bridgehead atoms. The van der Waals surface area contributed by atoms with E-state index in [4.69, 9.17) is 0 Å². The molecule has 0 aliphatic heterocycles. The number of aryl methyl sites for hydroxylation is 1. The molecule has 0 unspecified atom stereocenters. The molecule has 59 heavy (non-hydrogen) atoms. The maximum absolute atomic E-state index is 2.43. The summed E-state index contributed by atoms with van der Waals surface area (Å²) < 4.78 is 5.12. The van der Waals surface area contributed by atoms with Crippen LogP contribution in [0.15, 0.2) is 206 Å². The molecule has 0 fully saturated rings. The van der Waals surface area contributed by atoms with Gasteiger partial charge in [-0.2, -0.15) is 0 Å². The highest BCUT2D eigenvalue weighted by Gasteiger charge is 2.19. The van der Waals surface area contributed by atoms with Crippen molar-refractivity contribution < 1.29 is 0 Å². The molecule has 1 nitrogen and oxygen atoms in total. The summed E-state index contributed by atoms with van der Waals surface area (Å²) in [5.74, 6) is 0. The summed E-state index contributed by atoms with van der Waals surface area (Å²) in [5, 5.41) is 10.3. The van der Waals surface area contributed by atoms with Gasteiger partial charge in [0.1, 0.15) is 0 Å². The Balaban J connectivity index is 0.936. The van der Waals surface area contributed by atoms with Crippen LogP contribution >= 0.6 is 11.3 Å². The van der Waals surface area contributed by atoms with Gasteiger partial charge in [-0.15, -0.1) is 11.3 Å². The lowest BCUT2D eigenvalue weighted by Gasteiger charge is -2.18. The van der Waals surface area contributed by atoms with Gasteiger partial charge in [-0.3, -0.25) is 0 Å². The van der Waals surface area contributed by atoms with Crippen LogP contribution in [0.4, 0.5) is 0 Å². The first-order valence-electron chi connectivity index (χ1n) is 20.3. The molecule has 10 aromatic carbocycles. The number of benzene rings is 10. The van der Waals surface area contributed by atoms with Gasteiger partial charge in [-0.1, -0.05) is 170 Å². The molecule has 0 N–H and O–H groups in total. The summed E-state index contributed by atoms with van der Waals surface area (Å²) in [7, 11) is 0. The summed E-state index contributed by atoms with van der Waals surface area (Å²) in [5.41, 5.74) is 14.9. The first-order valence-corrected chi connectivity index (χ1v) is 21.2. The lowest BCUT2D eigenvalue weighted by atomic mass is 9.86. The van der Waals surface area contributed by atoms with E-state index in [2.05, 4.69) is 218 Å². The lowest BCUT2D eigenvalue weighted by Crippen LogP contribution is -1.94. The van der Waals surface area contributed by atoms with Crippen molar-refractivity contribution in [2.75, 3.05) is 0 Å². The van der Waals surface area contributed by atoms with Crippen LogP contribution in [0.2, 0.25) is 0 Å². The number of hydrogen-bond acceptors (Lipinski definition) is 1. The van der Waals surface area contributed by atoms with E-state index in [1.807, 2.05) is 11.3 Å². The maximum Gasteiger partial charge on any atom is 0.0544 e. The van der Waals surface area contributed by atoms with Crippen molar-refractivity contribution >= 4 is 74.9 Å². The summed E-state index contributed by atoms with van der Waals surface area (Å²) in [6, 6.07) is 76.0. The van der Waals surface area contributed by atoms with E-state index in [9.17, 15) is 0 Å². The molecule has 2 heterocycles. The zero-order valence-corrected chi connectivity index (χ0v) is 33.3. The van der Waals surface area contributed by atoms with Crippen molar-refractivity contribution in [3.63, 3.8) is 0 Å². The Morgan fingerprint density at radius 1 is 0.339 bits per heavy atom. The van der Waals surface area contributed by atoms with Gasteiger partial charge in [-0.25, -0.2) is 0 Å². The molecule has 276 valence electrons. The Bertz CT molecular complexity index is 3530. The second kappa shape index (κ2) is 13.4. The average molecular weight is 768 g/mol. The highest BCUT2D eigenvalue weighted by Crippen LogP contribution is 2.45. The smallest absolute Gasteiger partial charge is 0.0544 e. The SMILES string of the molecule is Cc1cc2c(cc1-c1cccc3c1sc1ccccc13)c1ccccc1n2-c1ccc(-c2ccc(-c3c4ccccc4c(-c4ccccc4)c4ccccc34)cc2)cc1. The van der Waals surface area contributed by atoms with E-state index in [0.717, 1.165) is 5.69 Å². The summed E-state index contributed by atoms with van der Waals surface area (Å²) in [6.07, 6.45) is 0. The van der Waals surface area contributed by atoms with E-state index >= 15 is 0 Å². The fourth-order valence-electron chi connectivity index (χ4n) is 9.63. The van der Waals surface area contributed by atoms with Crippen molar-refractivity contribution in [2.45, 2.75) is 6.92 Å². The van der Waals surface area contributed by atoms with Crippen LogP contribution in [-0.4, -0.2) is 4.57 Å². The predicted octanol–water partition coefficient (Wildman–Crippen LogP) is 16.4. The number of nitrogens with zero attached hydrogens (tertiary/aromatic N) is 1. The number of para-hydroxylation sites is 1. The fraction of sp³-hybridized carbons (Fsp3) is 0.0175. The molecule has 0 saturated heterocycles. The Morgan fingerprint density at radius 3 is 1.51 bits per heavy atom. The monoisotopic (exact) mass is 767 g/mol. The Morgan fingerprint density at radius 2 is 0.847 bits per heavy atom. The minimum atomic E-state index is 1.16. The molecule has 12 rings (SSSR count). The highest BCUT2D eigenvalue weighted by molar-refractivity contribution is 7.26. The van der Waals surface area contributed by atoms with Gasteiger partial charge in [0.05, 0.1) is 11.0 Å². The van der Waals surface area contributed by atoms with Crippen molar-refractivity contribution in [1.82, 2.24) is 4.57 Å². The van der Waals surface area contributed by atoms with E-state index in [1.165, 1.54) is 114 Å². The molecule has 0 radical (unpaired) electrons. The minimum absolute atomic E-state index is 1.16. The molecular formula is C57H37NS. The van der Waals surface area contributed by atoms with E-state index in [-0.39, 0.29) is 0 Å². The molecule has 0 aliphatic carbocycles. The number of rotatable bonds is 5. The standard InChI is InChI=1S/C57H37NS/c1-36-34-53-51(35-50(36)49-23-13-22-48-43-17-10-12-25-54(43)59-57(48)49)42-16-9-11-24-52(42)58(53)41-32-30-38(31-33-41)37-26-28-40(29-27-37)56-46-20-7-5-18-44(46)55(39-14-3-2-4-15-39)45-19-6-8-21-47(45)56/h2-35H,1H3. The third-order valence-corrected chi connectivity index (χ3v) is 13.6. The molecule has 0 aliphatic rings. The molecule has 0 saturated carbocycles. The minimum Gasteiger partial charge on any atom is -0.309 e. The Kier molecular flexibility index (Phi) is 7.69. The fourth-order valence-corrected chi connectivity index (χ4v) is 10.9. The van der Waals surface area contributed by atoms with Crippen LogP contribution in [-0.2, 0) is 0 Å². The van der Waals surface area contributed by atoms with Crippen molar-refractivity contribution in [2.24, 2.45) is 0 Å². The van der Waals surface area contributed by atoms with Gasteiger partial charge < -0.3 is 4.57 Å². The zero-order valence-electron chi connectivity index (χ0n) is 32.5. The normalized spacial score (nSPS) is 11.8. The molecule has 0 atom stereocenters. The van der Waals surface area contributed by atoms with E-state index < -0.39 is 0 Å². The topological polar surface area (TPSA) is 4.93 Å². The number of aromatic nitrogens is 1. The third-order valence-electron chi connectivity index (χ3n) is 12.3. The first kappa shape index (κ1) is 33.8. The summed E-state index contributed by atoms with van der Waals surface area (Å²) >= 11 is 1.90. The summed E-state index contributed by atoms with van der Waals surface area (Å²) in [4.78, 5) is 0. The number of fused-ring (bicyclic) bond motifs is 8. The van der Waals surface area contributed by atoms with Gasteiger partial charge in [0, 0.05) is 36.6 Å². The van der Waals surface area contributed by atoms with E-state index in [0.29, 0.717) is 0 Å². The van der Waals surface area contributed by atoms with Crippen molar-refractivity contribution in [3.05, 3.63) is 212 Å². The largest absolute Gasteiger partial charge is 0.309 e. The van der Waals surface area contributed by atoms with Crippen LogP contribution in [0.1, 0.15) is 5.56 Å². The van der Waals surface area contributed by atoms with Crippen LogP contribution in [0.3, 0.4) is 0 Å². The molecule has 0 spiro atoms. The molecule has 2 aromatic heterocycles. The van der Waals surface area contributed by atoms with Crippen molar-refractivity contribution in [1.29, 1.82) is 0 Å². The third kappa shape index (κ3) is 5.30. The second-order valence-corrected chi connectivity index (χ2v) is 16.7. The number of hydrogen-bond donors (Lipinski definition) is 0. The highest BCUT2D eigenvalue weighted by atomic mass is 32.1. The second-order valence-electron chi connectivity index (χ2n) is 15.6. The van der Waals surface area contributed by atoms with Crippen LogP contribution in [0, 0.1) is 6.92 Å². The zero-order chi connectivity index (χ0) is 39.0. The van der Waals surface area contributed by atoms with Gasteiger partial charge in [0.2, 0.25) is 0 Å². The van der Waals surface area contributed by atoms with Gasteiger partial charge in [0.25, 0.3) is 0 Å². The van der Waals surface area contributed by atoms with E-state index in [1.54, 1.807) is 0 Å². The van der Waals surface area contributed by atoms with Crippen LogP contribution in [0.25, 0.3) is 114 Å². The predicted molar refractivity (Wildman–Crippen MR) is 255 cm³/mol. The average Bonchev–Trinajstić information content (AvgIpc) is 3.84. The molecule has 12 aromatic rings.